The Labute approximate surface area is 114 Å². The highest BCUT2D eigenvalue weighted by Gasteiger charge is 2.10. The number of hydrogen-bond donors (Lipinski definition) is 1. The minimum Gasteiger partial charge on any atom is -0.465 e. The molecule has 0 saturated carbocycles. The summed E-state index contributed by atoms with van der Waals surface area (Å²) in [5, 5.41) is 3.25. The molecule has 1 N–H and O–H groups in total. The van der Waals surface area contributed by atoms with E-state index in [4.69, 9.17) is 0 Å². The molecule has 2 aromatic carbocycles. The molecular weight excluding hydrogens is 294 g/mol. The Morgan fingerprint density at radius 3 is 2.44 bits per heavy atom. The average molecular weight is 306 g/mol. The lowest BCUT2D eigenvalue weighted by molar-refractivity contribution is 0.0599. The molecule has 2 aromatic rings. The molecule has 0 aliphatic carbocycles. The first-order valence-electron chi connectivity index (χ1n) is 5.40. The number of hydrogen-bond acceptors (Lipinski definition) is 3. The summed E-state index contributed by atoms with van der Waals surface area (Å²) in [6, 6.07) is 15.2. The van der Waals surface area contributed by atoms with E-state index < -0.39 is 0 Å². The van der Waals surface area contributed by atoms with Crippen LogP contribution in [0.3, 0.4) is 0 Å². The molecule has 0 unspecified atom stereocenters. The van der Waals surface area contributed by atoms with Crippen molar-refractivity contribution >= 4 is 33.3 Å². The predicted molar refractivity (Wildman–Crippen MR) is 75.2 cm³/mol. The molecule has 0 spiro atoms. The van der Waals surface area contributed by atoms with Crippen molar-refractivity contribution in [2.24, 2.45) is 0 Å². The van der Waals surface area contributed by atoms with E-state index >= 15 is 0 Å². The van der Waals surface area contributed by atoms with Crippen molar-refractivity contribution in [3.8, 4) is 0 Å². The van der Waals surface area contributed by atoms with Gasteiger partial charge in [-0.3, -0.25) is 0 Å². The second-order valence-electron chi connectivity index (χ2n) is 3.68. The second kappa shape index (κ2) is 5.69. The number of methoxy groups -OCH3 is 1. The first-order chi connectivity index (χ1) is 8.70. The molecule has 3 nitrogen and oxygen atoms in total. The molecule has 2 rings (SSSR count). The number of ether oxygens (including phenoxy) is 1. The van der Waals surface area contributed by atoms with Gasteiger partial charge in [-0.2, -0.15) is 0 Å². The van der Waals surface area contributed by atoms with Crippen LogP contribution in [0.5, 0.6) is 0 Å². The third kappa shape index (κ3) is 2.90. The molecule has 0 aromatic heterocycles. The molecule has 0 heterocycles. The lowest BCUT2D eigenvalue weighted by Gasteiger charge is -2.08. The molecule has 0 saturated heterocycles. The van der Waals surface area contributed by atoms with Gasteiger partial charge in [0.2, 0.25) is 0 Å². The SMILES string of the molecule is COC(=O)c1ccc(Nc2ccccc2)cc1Br. The van der Waals surface area contributed by atoms with E-state index in [1.165, 1.54) is 7.11 Å². The number of anilines is 2. The van der Waals surface area contributed by atoms with Gasteiger partial charge >= 0.3 is 5.97 Å². The van der Waals surface area contributed by atoms with Gasteiger partial charge in [-0.25, -0.2) is 4.79 Å². The molecule has 0 amide bonds. The van der Waals surface area contributed by atoms with E-state index in [0.29, 0.717) is 10.0 Å². The Morgan fingerprint density at radius 1 is 1.11 bits per heavy atom. The zero-order valence-corrected chi connectivity index (χ0v) is 11.4. The number of halogens is 1. The molecular formula is C14H12BrNO2. The van der Waals surface area contributed by atoms with Crippen LogP contribution in [0.25, 0.3) is 0 Å². The van der Waals surface area contributed by atoms with Gasteiger partial charge in [0.05, 0.1) is 12.7 Å². The Balaban J connectivity index is 2.22. The van der Waals surface area contributed by atoms with Crippen LogP contribution in [0.1, 0.15) is 10.4 Å². The van der Waals surface area contributed by atoms with Gasteiger partial charge < -0.3 is 10.1 Å². The fourth-order valence-corrected chi connectivity index (χ4v) is 2.10. The summed E-state index contributed by atoms with van der Waals surface area (Å²) in [7, 11) is 1.37. The van der Waals surface area contributed by atoms with Crippen molar-refractivity contribution in [2.75, 3.05) is 12.4 Å². The van der Waals surface area contributed by atoms with Crippen LogP contribution in [0, 0.1) is 0 Å². The van der Waals surface area contributed by atoms with E-state index in [9.17, 15) is 4.79 Å². The first kappa shape index (κ1) is 12.6. The lowest BCUT2D eigenvalue weighted by Crippen LogP contribution is -2.02. The quantitative estimate of drug-likeness (QED) is 0.872. The number of esters is 1. The van der Waals surface area contributed by atoms with Crippen LogP contribution in [-0.4, -0.2) is 13.1 Å². The van der Waals surface area contributed by atoms with Gasteiger partial charge in [-0.1, -0.05) is 18.2 Å². The Bertz CT molecular complexity index is 555. The third-order valence-electron chi connectivity index (χ3n) is 2.44. The third-order valence-corrected chi connectivity index (χ3v) is 3.09. The Kier molecular flexibility index (Phi) is 3.99. The molecule has 18 heavy (non-hydrogen) atoms. The standard InChI is InChI=1S/C14H12BrNO2/c1-18-14(17)12-8-7-11(9-13(12)15)16-10-5-3-2-4-6-10/h2-9,16H,1H3. The Hall–Kier alpha value is -1.81. The number of carbonyl (C=O) groups excluding carboxylic acids is 1. The number of carbonyl (C=O) groups is 1. The number of benzene rings is 2. The van der Waals surface area contributed by atoms with Crippen LogP contribution in [-0.2, 0) is 4.74 Å². The summed E-state index contributed by atoms with van der Waals surface area (Å²) >= 11 is 3.36. The highest BCUT2D eigenvalue weighted by atomic mass is 79.9. The minimum atomic E-state index is -0.354. The maximum absolute atomic E-state index is 11.4. The molecule has 0 aliphatic heterocycles. The minimum absolute atomic E-state index is 0.354. The van der Waals surface area contributed by atoms with Crippen LogP contribution in [0.4, 0.5) is 11.4 Å². The molecule has 0 atom stereocenters. The van der Waals surface area contributed by atoms with Gasteiger partial charge in [0.1, 0.15) is 0 Å². The molecule has 0 radical (unpaired) electrons. The zero-order chi connectivity index (χ0) is 13.0. The first-order valence-corrected chi connectivity index (χ1v) is 6.20. The van der Waals surface area contributed by atoms with Gasteiger partial charge in [-0.05, 0) is 46.3 Å². The van der Waals surface area contributed by atoms with E-state index in [1.54, 1.807) is 6.07 Å². The van der Waals surface area contributed by atoms with Crippen LogP contribution in [0.2, 0.25) is 0 Å². The van der Waals surface area contributed by atoms with Crippen molar-refractivity contribution in [3.05, 3.63) is 58.6 Å². The van der Waals surface area contributed by atoms with Crippen molar-refractivity contribution in [1.29, 1.82) is 0 Å². The summed E-state index contributed by atoms with van der Waals surface area (Å²) in [4.78, 5) is 11.4. The summed E-state index contributed by atoms with van der Waals surface area (Å²) in [6.45, 7) is 0. The number of para-hydroxylation sites is 1. The van der Waals surface area contributed by atoms with Gasteiger partial charge in [0.25, 0.3) is 0 Å². The Morgan fingerprint density at radius 2 is 1.83 bits per heavy atom. The van der Waals surface area contributed by atoms with Crippen molar-refractivity contribution in [2.45, 2.75) is 0 Å². The van der Waals surface area contributed by atoms with Gasteiger partial charge in [-0.15, -0.1) is 0 Å². The van der Waals surface area contributed by atoms with Gasteiger partial charge in [0.15, 0.2) is 0 Å². The topological polar surface area (TPSA) is 38.3 Å². The van der Waals surface area contributed by atoms with E-state index in [1.807, 2.05) is 42.5 Å². The molecule has 0 aliphatic rings. The highest BCUT2D eigenvalue weighted by Crippen LogP contribution is 2.24. The van der Waals surface area contributed by atoms with Crippen LogP contribution < -0.4 is 5.32 Å². The summed E-state index contributed by atoms with van der Waals surface area (Å²) in [6.07, 6.45) is 0. The molecule has 92 valence electrons. The maximum Gasteiger partial charge on any atom is 0.339 e. The van der Waals surface area contributed by atoms with E-state index in [-0.39, 0.29) is 5.97 Å². The van der Waals surface area contributed by atoms with E-state index in [2.05, 4.69) is 26.0 Å². The molecule has 0 fully saturated rings. The van der Waals surface area contributed by atoms with Gasteiger partial charge in [0, 0.05) is 15.8 Å². The maximum atomic E-state index is 11.4. The largest absolute Gasteiger partial charge is 0.465 e. The smallest absolute Gasteiger partial charge is 0.339 e. The summed E-state index contributed by atoms with van der Waals surface area (Å²) < 4.78 is 5.39. The van der Waals surface area contributed by atoms with Crippen molar-refractivity contribution < 1.29 is 9.53 Å². The van der Waals surface area contributed by atoms with Crippen molar-refractivity contribution in [1.82, 2.24) is 0 Å². The van der Waals surface area contributed by atoms with Crippen LogP contribution >= 0.6 is 15.9 Å². The van der Waals surface area contributed by atoms with Crippen LogP contribution in [0.15, 0.2) is 53.0 Å². The fraction of sp³-hybridized carbons (Fsp3) is 0.0714. The van der Waals surface area contributed by atoms with Crippen molar-refractivity contribution in [3.63, 3.8) is 0 Å². The second-order valence-corrected chi connectivity index (χ2v) is 4.53. The summed E-state index contributed by atoms with van der Waals surface area (Å²) in [5.41, 5.74) is 2.41. The highest BCUT2D eigenvalue weighted by molar-refractivity contribution is 9.10. The number of rotatable bonds is 3. The normalized spacial score (nSPS) is 9.89. The molecule has 4 heteroatoms. The average Bonchev–Trinajstić information content (AvgIpc) is 2.39. The zero-order valence-electron chi connectivity index (χ0n) is 9.81. The monoisotopic (exact) mass is 305 g/mol. The number of nitrogens with one attached hydrogen (secondary N) is 1. The lowest BCUT2D eigenvalue weighted by atomic mass is 10.2. The summed E-state index contributed by atoms with van der Waals surface area (Å²) in [5.74, 6) is -0.354. The fourth-order valence-electron chi connectivity index (χ4n) is 1.56. The van der Waals surface area contributed by atoms with E-state index in [0.717, 1.165) is 11.4 Å². The molecule has 0 bridgehead atoms. The predicted octanol–water partition coefficient (Wildman–Crippen LogP) is 3.98.